The summed E-state index contributed by atoms with van der Waals surface area (Å²) in [5.74, 6) is -0.194. The standard InChI is InChI=1S/C21H19N5O5S2/c22-13-16-4-1-2-7-18(16)23-19(27)14-32-21-25-24-20(31-21)15-5-3-6-17(12-15)33(28,29)26-8-10-30-11-9-26/h1-7,12H,8-11,14H2,(H,23,27). The molecule has 170 valence electrons. The molecular weight excluding hydrogens is 466 g/mol. The van der Waals surface area contributed by atoms with Crippen molar-refractivity contribution in [3.8, 4) is 17.5 Å². The summed E-state index contributed by atoms with van der Waals surface area (Å²) in [7, 11) is -3.66. The quantitative estimate of drug-likeness (QED) is 0.500. The number of thioether (sulfide) groups is 1. The minimum Gasteiger partial charge on any atom is -0.411 e. The Morgan fingerprint density at radius 2 is 1.94 bits per heavy atom. The van der Waals surface area contributed by atoms with Crippen LogP contribution >= 0.6 is 11.8 Å². The number of para-hydroxylation sites is 1. The highest BCUT2D eigenvalue weighted by Gasteiger charge is 2.27. The van der Waals surface area contributed by atoms with Gasteiger partial charge in [-0.2, -0.15) is 9.57 Å². The number of nitrogens with zero attached hydrogens (tertiary/aromatic N) is 4. The monoisotopic (exact) mass is 485 g/mol. The van der Waals surface area contributed by atoms with Crippen LogP contribution in [0.25, 0.3) is 11.5 Å². The summed E-state index contributed by atoms with van der Waals surface area (Å²) in [6, 6.07) is 15.0. The fraction of sp³-hybridized carbons (Fsp3) is 0.238. The summed E-state index contributed by atoms with van der Waals surface area (Å²) >= 11 is 1.03. The van der Waals surface area contributed by atoms with E-state index in [1.165, 1.54) is 16.4 Å². The number of benzene rings is 2. The van der Waals surface area contributed by atoms with E-state index in [-0.39, 0.29) is 27.7 Å². The van der Waals surface area contributed by atoms with Crippen molar-refractivity contribution in [3.05, 3.63) is 54.1 Å². The maximum atomic E-state index is 12.9. The summed E-state index contributed by atoms with van der Waals surface area (Å²) in [5.41, 5.74) is 1.24. The maximum Gasteiger partial charge on any atom is 0.277 e. The number of anilines is 1. The molecule has 0 aliphatic carbocycles. The van der Waals surface area contributed by atoms with Crippen molar-refractivity contribution in [2.75, 3.05) is 37.4 Å². The minimum atomic E-state index is -3.66. The van der Waals surface area contributed by atoms with Crippen LogP contribution in [0.4, 0.5) is 5.69 Å². The number of carbonyl (C=O) groups is 1. The average Bonchev–Trinajstić information content (AvgIpc) is 3.33. The van der Waals surface area contributed by atoms with Crippen LogP contribution in [0.1, 0.15) is 5.56 Å². The third kappa shape index (κ3) is 5.40. The molecule has 10 nitrogen and oxygen atoms in total. The Balaban J connectivity index is 1.42. The van der Waals surface area contributed by atoms with Gasteiger partial charge in [-0.1, -0.05) is 30.0 Å². The average molecular weight is 486 g/mol. The predicted molar refractivity (Wildman–Crippen MR) is 120 cm³/mol. The largest absolute Gasteiger partial charge is 0.411 e. The SMILES string of the molecule is N#Cc1ccccc1NC(=O)CSc1nnc(-c2cccc(S(=O)(=O)N3CCOCC3)c2)o1. The summed E-state index contributed by atoms with van der Waals surface area (Å²) in [6.45, 7) is 1.32. The molecule has 0 spiro atoms. The minimum absolute atomic E-state index is 0.00710. The molecule has 1 saturated heterocycles. The van der Waals surface area contributed by atoms with E-state index in [0.29, 0.717) is 43.1 Å². The lowest BCUT2D eigenvalue weighted by atomic mass is 10.2. The zero-order valence-electron chi connectivity index (χ0n) is 17.3. The first-order valence-corrected chi connectivity index (χ1v) is 12.3. The zero-order valence-corrected chi connectivity index (χ0v) is 18.9. The van der Waals surface area contributed by atoms with E-state index < -0.39 is 10.0 Å². The van der Waals surface area contributed by atoms with Crippen molar-refractivity contribution in [1.82, 2.24) is 14.5 Å². The summed E-state index contributed by atoms with van der Waals surface area (Å²) in [4.78, 5) is 12.4. The maximum absolute atomic E-state index is 12.9. The number of morpholine rings is 1. The van der Waals surface area contributed by atoms with Gasteiger partial charge < -0.3 is 14.5 Å². The van der Waals surface area contributed by atoms with Crippen LogP contribution in [-0.4, -0.2) is 60.9 Å². The van der Waals surface area contributed by atoms with Gasteiger partial charge in [-0.25, -0.2) is 8.42 Å². The summed E-state index contributed by atoms with van der Waals surface area (Å²) in [6.07, 6.45) is 0. The lowest BCUT2D eigenvalue weighted by Gasteiger charge is -2.26. The van der Waals surface area contributed by atoms with Crippen molar-refractivity contribution >= 4 is 33.4 Å². The number of nitriles is 1. The highest BCUT2D eigenvalue weighted by Crippen LogP contribution is 2.27. The first-order chi connectivity index (χ1) is 16.0. The highest BCUT2D eigenvalue weighted by molar-refractivity contribution is 7.99. The Kier molecular flexibility index (Phi) is 7.05. The number of sulfonamides is 1. The van der Waals surface area contributed by atoms with Gasteiger partial charge in [0.15, 0.2) is 0 Å². The summed E-state index contributed by atoms with van der Waals surface area (Å²) < 4.78 is 38.0. The molecule has 0 saturated carbocycles. The number of nitrogens with one attached hydrogen (secondary N) is 1. The van der Waals surface area contributed by atoms with Crippen LogP contribution in [0, 0.1) is 11.3 Å². The van der Waals surface area contributed by atoms with Crippen LogP contribution < -0.4 is 5.32 Å². The molecule has 1 aromatic heterocycles. The van der Waals surface area contributed by atoms with Crippen molar-refractivity contribution < 1.29 is 22.4 Å². The predicted octanol–water partition coefficient (Wildman–Crippen LogP) is 2.36. The molecule has 12 heteroatoms. The zero-order chi connectivity index (χ0) is 23.3. The molecule has 0 atom stereocenters. The molecular formula is C21H19N5O5S2. The molecule has 1 fully saturated rings. The van der Waals surface area contributed by atoms with Crippen LogP contribution in [0.5, 0.6) is 0 Å². The first-order valence-electron chi connectivity index (χ1n) is 9.91. The van der Waals surface area contributed by atoms with E-state index in [1.807, 2.05) is 6.07 Å². The van der Waals surface area contributed by atoms with E-state index >= 15 is 0 Å². The number of ether oxygens (including phenoxy) is 1. The molecule has 0 bridgehead atoms. The molecule has 0 radical (unpaired) electrons. The third-order valence-corrected chi connectivity index (χ3v) is 7.46. The van der Waals surface area contributed by atoms with Gasteiger partial charge in [0.25, 0.3) is 5.22 Å². The van der Waals surface area contributed by atoms with Crippen molar-refractivity contribution in [3.63, 3.8) is 0 Å². The van der Waals surface area contributed by atoms with E-state index in [2.05, 4.69) is 15.5 Å². The number of amides is 1. The Hall–Kier alpha value is -3.24. The lowest BCUT2D eigenvalue weighted by Crippen LogP contribution is -2.40. The summed E-state index contributed by atoms with van der Waals surface area (Å²) in [5, 5.41) is 19.8. The first kappa shape index (κ1) is 22.9. The fourth-order valence-electron chi connectivity index (χ4n) is 3.11. The number of rotatable bonds is 7. The van der Waals surface area contributed by atoms with Crippen LogP contribution in [0.15, 0.2) is 63.1 Å². The fourth-order valence-corrected chi connectivity index (χ4v) is 5.13. The molecule has 1 amide bonds. The van der Waals surface area contributed by atoms with Gasteiger partial charge >= 0.3 is 0 Å². The number of aromatic nitrogens is 2. The molecule has 2 aromatic carbocycles. The molecule has 0 unspecified atom stereocenters. The second-order valence-corrected chi connectivity index (χ2v) is 9.78. The van der Waals surface area contributed by atoms with Gasteiger partial charge in [0.05, 0.1) is 35.1 Å². The van der Waals surface area contributed by atoms with E-state index in [9.17, 15) is 13.2 Å². The van der Waals surface area contributed by atoms with Crippen LogP contribution in [0.3, 0.4) is 0 Å². The second-order valence-electron chi connectivity index (χ2n) is 6.91. The molecule has 1 N–H and O–H groups in total. The number of hydrogen-bond acceptors (Lipinski definition) is 9. The van der Waals surface area contributed by atoms with Crippen LogP contribution in [0.2, 0.25) is 0 Å². The number of hydrogen-bond donors (Lipinski definition) is 1. The van der Waals surface area contributed by atoms with Crippen molar-refractivity contribution in [2.24, 2.45) is 0 Å². The van der Waals surface area contributed by atoms with Crippen LogP contribution in [-0.2, 0) is 19.6 Å². The van der Waals surface area contributed by atoms with Gasteiger partial charge in [-0.3, -0.25) is 4.79 Å². The van der Waals surface area contributed by atoms with Gasteiger partial charge in [-0.05, 0) is 30.3 Å². The normalized spacial score (nSPS) is 14.5. The van der Waals surface area contributed by atoms with Gasteiger partial charge in [0.1, 0.15) is 6.07 Å². The number of carbonyl (C=O) groups excluding carboxylic acids is 1. The molecule has 4 rings (SSSR count). The van der Waals surface area contributed by atoms with E-state index in [0.717, 1.165) is 11.8 Å². The Morgan fingerprint density at radius 1 is 1.15 bits per heavy atom. The van der Waals surface area contributed by atoms with E-state index in [1.54, 1.807) is 36.4 Å². The third-order valence-electron chi connectivity index (χ3n) is 4.74. The molecule has 1 aliphatic heterocycles. The van der Waals surface area contributed by atoms with Gasteiger partial charge in [0, 0.05) is 18.7 Å². The Morgan fingerprint density at radius 3 is 2.73 bits per heavy atom. The molecule has 2 heterocycles. The highest BCUT2D eigenvalue weighted by atomic mass is 32.2. The molecule has 1 aliphatic rings. The lowest BCUT2D eigenvalue weighted by molar-refractivity contribution is -0.113. The van der Waals surface area contributed by atoms with Gasteiger partial charge in [-0.15, -0.1) is 10.2 Å². The van der Waals surface area contributed by atoms with Crippen molar-refractivity contribution in [2.45, 2.75) is 10.1 Å². The van der Waals surface area contributed by atoms with Crippen molar-refractivity contribution in [1.29, 1.82) is 5.26 Å². The Labute approximate surface area is 194 Å². The molecule has 3 aromatic rings. The van der Waals surface area contributed by atoms with Gasteiger partial charge in [0.2, 0.25) is 21.8 Å². The topological polar surface area (TPSA) is 138 Å². The molecule has 33 heavy (non-hydrogen) atoms. The Bertz CT molecular complexity index is 1300. The second kappa shape index (κ2) is 10.1. The smallest absolute Gasteiger partial charge is 0.277 e. The van der Waals surface area contributed by atoms with E-state index in [4.69, 9.17) is 14.4 Å².